The molecule has 0 aliphatic carbocycles. The molecule has 3 N–H and O–H groups in total. The lowest BCUT2D eigenvalue weighted by Crippen LogP contribution is -2.29. The van der Waals surface area contributed by atoms with Crippen molar-refractivity contribution >= 4 is 19.8 Å². The van der Waals surface area contributed by atoms with E-state index in [1.54, 1.807) is 0 Å². The standard InChI is InChI=1S/C48H86NO8P/c1-3-5-7-9-11-13-15-17-19-21-23-25-26-28-30-32-34-36-38-40-47(50)54-44-46(45-56-58(52,53)55-43-42-49)57-48(51)41-39-37-35-33-31-29-27-24-22-20-18-16-14-12-10-8-6-4-2/h5,7,11,13,17,19,23,25,28,30,46H,3-4,6,8-10,12,14-16,18,20-22,24,26-27,29,31-45,49H2,1-2H3,(H,52,53)/b7-5+,13-11+,19-17+,25-23+,30-28+/t46-/m1/s1. The highest BCUT2D eigenvalue weighted by Crippen LogP contribution is 2.43. The summed E-state index contributed by atoms with van der Waals surface area (Å²) in [7, 11) is -4.39. The molecule has 2 atom stereocenters. The number of hydrogen-bond acceptors (Lipinski definition) is 8. The maximum atomic E-state index is 12.6. The Labute approximate surface area is 355 Å². The van der Waals surface area contributed by atoms with Gasteiger partial charge in [0.2, 0.25) is 0 Å². The van der Waals surface area contributed by atoms with E-state index >= 15 is 0 Å². The third kappa shape index (κ3) is 43.3. The number of carbonyl (C=O) groups is 2. The van der Waals surface area contributed by atoms with Gasteiger partial charge in [0.1, 0.15) is 6.61 Å². The second kappa shape index (κ2) is 44.3. The molecule has 0 aliphatic heterocycles. The van der Waals surface area contributed by atoms with Gasteiger partial charge in [0.25, 0.3) is 0 Å². The fourth-order valence-corrected chi connectivity index (χ4v) is 7.01. The highest BCUT2D eigenvalue weighted by atomic mass is 31.2. The monoisotopic (exact) mass is 836 g/mol. The Morgan fingerprint density at radius 3 is 1.41 bits per heavy atom. The summed E-state index contributed by atoms with van der Waals surface area (Å²) in [4.78, 5) is 34.9. The maximum Gasteiger partial charge on any atom is 0.472 e. The Morgan fingerprint density at radius 2 is 0.948 bits per heavy atom. The van der Waals surface area contributed by atoms with Crippen LogP contribution in [0.2, 0.25) is 0 Å². The van der Waals surface area contributed by atoms with Gasteiger partial charge in [0.05, 0.1) is 13.2 Å². The number of ether oxygens (including phenoxy) is 2. The largest absolute Gasteiger partial charge is 0.472 e. The van der Waals surface area contributed by atoms with Gasteiger partial charge in [-0.3, -0.25) is 18.6 Å². The van der Waals surface area contributed by atoms with E-state index in [1.807, 2.05) is 0 Å². The molecule has 336 valence electrons. The lowest BCUT2D eigenvalue weighted by atomic mass is 10.0. The summed E-state index contributed by atoms with van der Waals surface area (Å²) in [6.07, 6.45) is 52.5. The zero-order chi connectivity index (χ0) is 42.5. The van der Waals surface area contributed by atoms with Crippen LogP contribution in [0.3, 0.4) is 0 Å². The van der Waals surface area contributed by atoms with Crippen LogP contribution in [0.15, 0.2) is 60.8 Å². The first-order valence-corrected chi connectivity index (χ1v) is 24.8. The minimum Gasteiger partial charge on any atom is -0.462 e. The molecule has 0 aromatic rings. The first-order valence-electron chi connectivity index (χ1n) is 23.3. The van der Waals surface area contributed by atoms with Crippen molar-refractivity contribution in [2.45, 2.75) is 206 Å². The quantitative estimate of drug-likeness (QED) is 0.0266. The molecular formula is C48H86NO8P. The molecule has 0 heterocycles. The molecule has 9 nitrogen and oxygen atoms in total. The van der Waals surface area contributed by atoms with Crippen LogP contribution in [0.5, 0.6) is 0 Å². The van der Waals surface area contributed by atoms with Crippen molar-refractivity contribution in [2.75, 3.05) is 26.4 Å². The molecular weight excluding hydrogens is 750 g/mol. The van der Waals surface area contributed by atoms with Crippen LogP contribution in [-0.2, 0) is 32.7 Å². The van der Waals surface area contributed by atoms with Crippen molar-refractivity contribution in [3.63, 3.8) is 0 Å². The summed E-state index contributed by atoms with van der Waals surface area (Å²) < 4.78 is 32.8. The number of carbonyl (C=O) groups excluding carboxylic acids is 2. The number of phosphoric ester groups is 1. The van der Waals surface area contributed by atoms with Crippen molar-refractivity contribution in [3.05, 3.63) is 60.8 Å². The molecule has 0 rings (SSSR count). The van der Waals surface area contributed by atoms with Crippen LogP contribution in [0.4, 0.5) is 0 Å². The van der Waals surface area contributed by atoms with Crippen molar-refractivity contribution in [1.29, 1.82) is 0 Å². The third-order valence-electron chi connectivity index (χ3n) is 9.67. The molecule has 0 fully saturated rings. The number of allylic oxidation sites excluding steroid dienone is 10. The molecule has 1 unspecified atom stereocenters. The van der Waals surface area contributed by atoms with Crippen molar-refractivity contribution in [2.24, 2.45) is 5.73 Å². The van der Waals surface area contributed by atoms with Crippen LogP contribution >= 0.6 is 7.82 Å². The van der Waals surface area contributed by atoms with E-state index in [2.05, 4.69) is 74.6 Å². The Hall–Kier alpha value is -2.29. The second-order valence-electron chi connectivity index (χ2n) is 15.2. The smallest absolute Gasteiger partial charge is 0.462 e. The van der Waals surface area contributed by atoms with Gasteiger partial charge >= 0.3 is 19.8 Å². The topological polar surface area (TPSA) is 134 Å². The molecule has 58 heavy (non-hydrogen) atoms. The predicted molar refractivity (Wildman–Crippen MR) is 243 cm³/mol. The van der Waals surface area contributed by atoms with E-state index in [1.165, 1.54) is 89.9 Å². The van der Waals surface area contributed by atoms with Gasteiger partial charge in [0, 0.05) is 19.4 Å². The Balaban J connectivity index is 4.17. The third-order valence-corrected chi connectivity index (χ3v) is 10.7. The average Bonchev–Trinajstić information content (AvgIpc) is 3.21. The summed E-state index contributed by atoms with van der Waals surface area (Å²) in [5, 5.41) is 0. The van der Waals surface area contributed by atoms with Gasteiger partial charge < -0.3 is 20.1 Å². The van der Waals surface area contributed by atoms with Gasteiger partial charge in [-0.2, -0.15) is 0 Å². The molecule has 0 aromatic heterocycles. The minimum atomic E-state index is -4.39. The highest BCUT2D eigenvalue weighted by Gasteiger charge is 2.26. The average molecular weight is 836 g/mol. The van der Waals surface area contributed by atoms with Crippen molar-refractivity contribution in [1.82, 2.24) is 0 Å². The highest BCUT2D eigenvalue weighted by molar-refractivity contribution is 7.47. The summed E-state index contributed by atoms with van der Waals surface area (Å²) in [6, 6.07) is 0. The first kappa shape index (κ1) is 55.7. The number of rotatable bonds is 43. The van der Waals surface area contributed by atoms with E-state index in [0.29, 0.717) is 12.8 Å². The van der Waals surface area contributed by atoms with Gasteiger partial charge in [-0.15, -0.1) is 0 Å². The number of phosphoric acid groups is 1. The van der Waals surface area contributed by atoms with Crippen LogP contribution in [0.1, 0.15) is 200 Å². The normalized spacial score (nSPS) is 13.8. The molecule has 0 bridgehead atoms. The zero-order valence-corrected chi connectivity index (χ0v) is 37.9. The Morgan fingerprint density at radius 1 is 0.534 bits per heavy atom. The van der Waals surface area contributed by atoms with Crippen molar-refractivity contribution < 1.29 is 37.6 Å². The molecule has 0 saturated carbocycles. The molecule has 0 aliphatic rings. The number of unbranched alkanes of at least 4 members (excludes halogenated alkanes) is 20. The number of hydrogen-bond donors (Lipinski definition) is 2. The SMILES string of the molecule is CC/C=C/C/C=C/C/C=C/C/C=C/C/C=C/CCCCCC(=O)OC[C@H](COP(=O)(O)OCCN)OC(=O)CCCCCCCCCCCCCCCCCCCC. The summed E-state index contributed by atoms with van der Waals surface area (Å²) in [5.41, 5.74) is 5.35. The van der Waals surface area contributed by atoms with Crippen LogP contribution in [0, 0.1) is 0 Å². The second-order valence-corrected chi connectivity index (χ2v) is 16.7. The summed E-state index contributed by atoms with van der Waals surface area (Å²) in [5.74, 6) is -0.863. The maximum absolute atomic E-state index is 12.6. The number of esters is 2. The van der Waals surface area contributed by atoms with Crippen LogP contribution < -0.4 is 5.73 Å². The van der Waals surface area contributed by atoms with Crippen LogP contribution in [-0.4, -0.2) is 49.3 Å². The van der Waals surface area contributed by atoms with Gasteiger partial charge in [-0.25, -0.2) is 4.57 Å². The molecule has 0 spiro atoms. The molecule has 0 amide bonds. The van der Waals surface area contributed by atoms with E-state index in [9.17, 15) is 19.0 Å². The lowest BCUT2D eigenvalue weighted by Gasteiger charge is -2.19. The molecule has 10 heteroatoms. The molecule has 0 radical (unpaired) electrons. The first-order chi connectivity index (χ1) is 28.3. The van der Waals surface area contributed by atoms with Gasteiger partial charge in [0.15, 0.2) is 6.10 Å². The van der Waals surface area contributed by atoms with E-state index in [-0.39, 0.29) is 32.6 Å². The lowest BCUT2D eigenvalue weighted by molar-refractivity contribution is -0.161. The van der Waals surface area contributed by atoms with Gasteiger partial charge in [-0.05, 0) is 57.8 Å². The predicted octanol–water partition coefficient (Wildman–Crippen LogP) is 13.7. The van der Waals surface area contributed by atoms with Crippen LogP contribution in [0.25, 0.3) is 0 Å². The number of nitrogens with two attached hydrogens (primary N) is 1. The Bertz CT molecular complexity index is 1130. The Kier molecular flexibility index (Phi) is 42.5. The fourth-order valence-electron chi connectivity index (χ4n) is 6.25. The van der Waals surface area contributed by atoms with Crippen molar-refractivity contribution in [3.8, 4) is 0 Å². The van der Waals surface area contributed by atoms with Gasteiger partial charge in [-0.1, -0.05) is 190 Å². The molecule has 0 aromatic carbocycles. The minimum absolute atomic E-state index is 0.0473. The fraction of sp³-hybridized carbons (Fsp3) is 0.750. The summed E-state index contributed by atoms with van der Waals surface area (Å²) >= 11 is 0. The zero-order valence-electron chi connectivity index (χ0n) is 37.0. The molecule has 0 saturated heterocycles. The van der Waals surface area contributed by atoms with E-state index in [0.717, 1.165) is 70.6 Å². The summed E-state index contributed by atoms with van der Waals surface area (Å²) in [6.45, 7) is 3.60. The van der Waals surface area contributed by atoms with E-state index in [4.69, 9.17) is 24.3 Å². The van der Waals surface area contributed by atoms with E-state index < -0.39 is 32.5 Å².